The molecule has 2 rings (SSSR count). The predicted molar refractivity (Wildman–Crippen MR) is 75.3 cm³/mol. The van der Waals surface area contributed by atoms with Crippen LogP contribution in [-0.4, -0.2) is 24.4 Å². The summed E-state index contributed by atoms with van der Waals surface area (Å²) in [6, 6.07) is 5.51. The van der Waals surface area contributed by atoms with Crippen molar-refractivity contribution in [2.24, 2.45) is 27.2 Å². The fraction of sp³-hybridized carbons (Fsp3) is 0.250. The van der Waals surface area contributed by atoms with Crippen LogP contribution in [0, 0.1) is 0 Å². The van der Waals surface area contributed by atoms with E-state index in [-0.39, 0.29) is 17.8 Å². The second-order valence-corrected chi connectivity index (χ2v) is 4.24. The fourth-order valence-electron chi connectivity index (χ4n) is 2.07. The van der Waals surface area contributed by atoms with Gasteiger partial charge in [0, 0.05) is 19.2 Å². The van der Waals surface area contributed by atoms with E-state index in [0.717, 1.165) is 17.7 Å². The fourth-order valence-corrected chi connectivity index (χ4v) is 2.07. The standard InChI is InChI=1S/C12H16N6O/c1-7(19)18-5-4-8-6-9(2-3-10(8)18)16-12(15)17-11(13)14/h2-3,6H,4-5H2,1H3,(H6,13,14,15,16,17). The van der Waals surface area contributed by atoms with Gasteiger partial charge in [-0.2, -0.15) is 4.99 Å². The normalized spacial score (nSPS) is 14.2. The molecular formula is C12H16N6O. The van der Waals surface area contributed by atoms with Crippen molar-refractivity contribution in [1.29, 1.82) is 0 Å². The van der Waals surface area contributed by atoms with Crippen molar-refractivity contribution in [1.82, 2.24) is 0 Å². The number of rotatable bonds is 1. The van der Waals surface area contributed by atoms with Crippen molar-refractivity contribution < 1.29 is 4.79 Å². The van der Waals surface area contributed by atoms with E-state index in [4.69, 9.17) is 17.2 Å². The zero-order valence-electron chi connectivity index (χ0n) is 10.6. The molecule has 0 bridgehead atoms. The number of amides is 1. The Morgan fingerprint density at radius 1 is 1.32 bits per heavy atom. The summed E-state index contributed by atoms with van der Waals surface area (Å²) in [7, 11) is 0. The molecule has 1 aliphatic heterocycles. The summed E-state index contributed by atoms with van der Waals surface area (Å²) >= 11 is 0. The molecule has 0 spiro atoms. The second kappa shape index (κ2) is 4.97. The molecule has 100 valence electrons. The van der Waals surface area contributed by atoms with Gasteiger partial charge in [-0.3, -0.25) is 4.79 Å². The Labute approximate surface area is 110 Å². The minimum absolute atomic E-state index is 0.00127. The van der Waals surface area contributed by atoms with Crippen molar-refractivity contribution in [3.63, 3.8) is 0 Å². The Balaban J connectivity index is 2.29. The summed E-state index contributed by atoms with van der Waals surface area (Å²) in [5.41, 5.74) is 18.6. The number of hydrogen-bond donors (Lipinski definition) is 3. The van der Waals surface area contributed by atoms with E-state index in [1.165, 1.54) is 0 Å². The highest BCUT2D eigenvalue weighted by atomic mass is 16.2. The van der Waals surface area contributed by atoms with Gasteiger partial charge < -0.3 is 22.1 Å². The van der Waals surface area contributed by atoms with Crippen LogP contribution in [0.15, 0.2) is 28.2 Å². The lowest BCUT2D eigenvalue weighted by molar-refractivity contribution is -0.116. The molecule has 1 heterocycles. The van der Waals surface area contributed by atoms with E-state index in [1.54, 1.807) is 17.9 Å². The van der Waals surface area contributed by atoms with Gasteiger partial charge in [0.15, 0.2) is 5.96 Å². The van der Waals surface area contributed by atoms with Crippen molar-refractivity contribution in [2.75, 3.05) is 11.4 Å². The lowest BCUT2D eigenvalue weighted by Gasteiger charge is -2.14. The van der Waals surface area contributed by atoms with Crippen LogP contribution >= 0.6 is 0 Å². The van der Waals surface area contributed by atoms with Crippen LogP contribution in [-0.2, 0) is 11.2 Å². The summed E-state index contributed by atoms with van der Waals surface area (Å²) < 4.78 is 0. The first-order valence-electron chi connectivity index (χ1n) is 5.82. The van der Waals surface area contributed by atoms with Gasteiger partial charge in [0.1, 0.15) is 0 Å². The van der Waals surface area contributed by atoms with Gasteiger partial charge in [-0.05, 0) is 30.2 Å². The topological polar surface area (TPSA) is 123 Å². The molecule has 0 aliphatic carbocycles. The average Bonchev–Trinajstić information content (AvgIpc) is 2.70. The Hall–Kier alpha value is -2.57. The SMILES string of the molecule is CC(=O)N1CCc2cc(N=C(N)N=C(N)N)ccc21. The second-order valence-electron chi connectivity index (χ2n) is 4.24. The molecule has 1 aromatic rings. The minimum Gasteiger partial charge on any atom is -0.370 e. The molecule has 7 heteroatoms. The number of carbonyl (C=O) groups is 1. The molecular weight excluding hydrogens is 244 g/mol. The number of fused-ring (bicyclic) bond motifs is 1. The number of carbonyl (C=O) groups excluding carboxylic acids is 1. The van der Waals surface area contributed by atoms with Crippen LogP contribution < -0.4 is 22.1 Å². The lowest BCUT2D eigenvalue weighted by atomic mass is 10.1. The molecule has 19 heavy (non-hydrogen) atoms. The Bertz CT molecular complexity index is 574. The van der Waals surface area contributed by atoms with Crippen LogP contribution in [0.2, 0.25) is 0 Å². The van der Waals surface area contributed by atoms with Gasteiger partial charge in [-0.25, -0.2) is 4.99 Å². The van der Waals surface area contributed by atoms with Gasteiger partial charge >= 0.3 is 0 Å². The minimum atomic E-state index is -0.134. The summed E-state index contributed by atoms with van der Waals surface area (Å²) in [4.78, 5) is 20.9. The zero-order valence-corrected chi connectivity index (χ0v) is 10.6. The van der Waals surface area contributed by atoms with Crippen molar-refractivity contribution in [3.05, 3.63) is 23.8 Å². The van der Waals surface area contributed by atoms with Crippen molar-refractivity contribution in [3.8, 4) is 0 Å². The van der Waals surface area contributed by atoms with Gasteiger partial charge in [-0.1, -0.05) is 0 Å². The first-order chi connectivity index (χ1) is 8.97. The van der Waals surface area contributed by atoms with Gasteiger partial charge in [-0.15, -0.1) is 0 Å². The molecule has 0 aromatic heterocycles. The third-order valence-corrected chi connectivity index (χ3v) is 2.83. The van der Waals surface area contributed by atoms with E-state index in [1.807, 2.05) is 12.1 Å². The number of nitrogens with two attached hydrogens (primary N) is 3. The van der Waals surface area contributed by atoms with Crippen LogP contribution in [0.3, 0.4) is 0 Å². The number of nitrogens with zero attached hydrogens (tertiary/aromatic N) is 3. The number of anilines is 1. The maximum Gasteiger partial charge on any atom is 0.223 e. The van der Waals surface area contributed by atoms with E-state index >= 15 is 0 Å². The Morgan fingerprint density at radius 3 is 2.68 bits per heavy atom. The zero-order chi connectivity index (χ0) is 14.0. The first-order valence-corrected chi connectivity index (χ1v) is 5.82. The summed E-state index contributed by atoms with van der Waals surface area (Å²) in [6.07, 6.45) is 0.806. The Morgan fingerprint density at radius 2 is 2.05 bits per heavy atom. The summed E-state index contributed by atoms with van der Waals surface area (Å²) in [5.74, 6) is -0.0958. The predicted octanol–water partition coefficient (Wildman–Crippen LogP) is -0.185. The molecule has 0 unspecified atom stereocenters. The monoisotopic (exact) mass is 260 g/mol. The number of hydrogen-bond acceptors (Lipinski definition) is 2. The molecule has 0 saturated carbocycles. The maximum atomic E-state index is 11.4. The van der Waals surface area contributed by atoms with Crippen LogP contribution in [0.4, 0.5) is 11.4 Å². The molecule has 0 saturated heterocycles. The first kappa shape index (κ1) is 12.9. The third kappa shape index (κ3) is 2.82. The summed E-state index contributed by atoms with van der Waals surface area (Å²) in [5, 5.41) is 0. The molecule has 0 fully saturated rings. The number of guanidine groups is 2. The third-order valence-electron chi connectivity index (χ3n) is 2.83. The molecule has 7 nitrogen and oxygen atoms in total. The highest BCUT2D eigenvalue weighted by Crippen LogP contribution is 2.31. The lowest BCUT2D eigenvalue weighted by Crippen LogP contribution is -2.26. The van der Waals surface area contributed by atoms with E-state index in [9.17, 15) is 4.79 Å². The van der Waals surface area contributed by atoms with E-state index < -0.39 is 0 Å². The van der Waals surface area contributed by atoms with Crippen LogP contribution in [0.1, 0.15) is 12.5 Å². The average molecular weight is 260 g/mol. The van der Waals surface area contributed by atoms with Gasteiger partial charge in [0.25, 0.3) is 0 Å². The van der Waals surface area contributed by atoms with E-state index in [0.29, 0.717) is 12.2 Å². The number of benzene rings is 1. The molecule has 1 aromatic carbocycles. The van der Waals surface area contributed by atoms with Gasteiger partial charge in [0.05, 0.1) is 5.69 Å². The van der Waals surface area contributed by atoms with Crippen molar-refractivity contribution >= 4 is 29.2 Å². The van der Waals surface area contributed by atoms with Crippen LogP contribution in [0.5, 0.6) is 0 Å². The van der Waals surface area contributed by atoms with E-state index in [2.05, 4.69) is 9.98 Å². The number of aliphatic imine (C=N–C) groups is 2. The van der Waals surface area contributed by atoms with Gasteiger partial charge in [0.2, 0.25) is 11.9 Å². The molecule has 1 aliphatic rings. The quantitative estimate of drug-likeness (QED) is 0.478. The Kier molecular flexibility index (Phi) is 3.37. The molecule has 0 atom stereocenters. The largest absolute Gasteiger partial charge is 0.370 e. The van der Waals surface area contributed by atoms with Crippen LogP contribution in [0.25, 0.3) is 0 Å². The van der Waals surface area contributed by atoms with Crippen molar-refractivity contribution in [2.45, 2.75) is 13.3 Å². The smallest absolute Gasteiger partial charge is 0.223 e. The molecule has 6 N–H and O–H groups in total. The maximum absolute atomic E-state index is 11.4. The summed E-state index contributed by atoms with van der Waals surface area (Å²) in [6.45, 7) is 2.25. The molecule has 0 radical (unpaired) electrons. The molecule has 1 amide bonds. The highest BCUT2D eigenvalue weighted by molar-refractivity contribution is 5.95. The highest BCUT2D eigenvalue weighted by Gasteiger charge is 2.21.